The number of ether oxygens (including phenoxy) is 1. The summed E-state index contributed by atoms with van der Waals surface area (Å²) >= 11 is 0. The molecule has 1 amide bonds. The maximum absolute atomic E-state index is 12.5. The summed E-state index contributed by atoms with van der Waals surface area (Å²) in [4.78, 5) is 19.3. The van der Waals surface area contributed by atoms with Crippen molar-refractivity contribution in [2.75, 3.05) is 0 Å². The lowest BCUT2D eigenvalue weighted by Gasteiger charge is -2.09. The van der Waals surface area contributed by atoms with Crippen molar-refractivity contribution in [3.8, 4) is 22.9 Å². The lowest BCUT2D eigenvalue weighted by Crippen LogP contribution is -2.13. The van der Waals surface area contributed by atoms with Crippen molar-refractivity contribution in [1.29, 1.82) is 0 Å². The standard InChI is InChI=1S/C18H12F3N3O2/c19-18(20,21)12-3-7-14(8-4-12)26-13-5-1-11(2-6-13)17-23-10-9-15(24-17)16(22)25/h1-10H,(H2,22,25). The molecule has 0 atom stereocenters. The van der Waals surface area contributed by atoms with E-state index in [1.807, 2.05) is 0 Å². The molecule has 8 heteroatoms. The SMILES string of the molecule is NC(=O)c1ccnc(-c2ccc(Oc3ccc(C(F)(F)F)cc3)cc2)n1. The minimum atomic E-state index is -4.39. The molecule has 0 fully saturated rings. The Morgan fingerprint density at radius 1 is 0.923 bits per heavy atom. The summed E-state index contributed by atoms with van der Waals surface area (Å²) in [5.41, 5.74) is 5.17. The molecule has 26 heavy (non-hydrogen) atoms. The van der Waals surface area contributed by atoms with Crippen LogP contribution in [0.2, 0.25) is 0 Å². The first-order valence-corrected chi connectivity index (χ1v) is 7.41. The average molecular weight is 359 g/mol. The van der Waals surface area contributed by atoms with Gasteiger partial charge in [-0.2, -0.15) is 13.2 Å². The van der Waals surface area contributed by atoms with Gasteiger partial charge in [0, 0.05) is 11.8 Å². The summed E-state index contributed by atoms with van der Waals surface area (Å²) in [5.74, 6) is 0.371. The Morgan fingerprint density at radius 2 is 1.50 bits per heavy atom. The van der Waals surface area contributed by atoms with E-state index < -0.39 is 17.6 Å². The summed E-state index contributed by atoms with van der Waals surface area (Å²) in [6.07, 6.45) is -2.96. The molecule has 3 rings (SSSR count). The van der Waals surface area contributed by atoms with Gasteiger partial charge in [0.1, 0.15) is 17.2 Å². The molecule has 0 aliphatic rings. The Bertz CT molecular complexity index is 924. The van der Waals surface area contributed by atoms with Gasteiger partial charge in [-0.1, -0.05) is 0 Å². The Kier molecular flexibility index (Phi) is 4.57. The lowest BCUT2D eigenvalue weighted by atomic mass is 10.2. The maximum atomic E-state index is 12.5. The molecule has 2 aromatic carbocycles. The van der Waals surface area contributed by atoms with Crippen LogP contribution in [-0.2, 0) is 6.18 Å². The maximum Gasteiger partial charge on any atom is 0.416 e. The molecule has 1 heterocycles. The van der Waals surface area contributed by atoms with E-state index in [1.54, 1.807) is 24.3 Å². The molecule has 0 spiro atoms. The summed E-state index contributed by atoms with van der Waals surface area (Å²) in [7, 11) is 0. The van der Waals surface area contributed by atoms with Gasteiger partial charge in [0.25, 0.3) is 5.91 Å². The van der Waals surface area contributed by atoms with Crippen molar-refractivity contribution in [3.05, 3.63) is 72.1 Å². The number of carbonyl (C=O) groups excluding carboxylic acids is 1. The highest BCUT2D eigenvalue weighted by Crippen LogP contribution is 2.31. The molecule has 3 aromatic rings. The van der Waals surface area contributed by atoms with Crippen molar-refractivity contribution < 1.29 is 22.7 Å². The number of halogens is 3. The predicted molar refractivity (Wildman–Crippen MR) is 87.5 cm³/mol. The predicted octanol–water partition coefficient (Wildman–Crippen LogP) is 4.05. The van der Waals surface area contributed by atoms with E-state index in [0.29, 0.717) is 17.1 Å². The van der Waals surface area contributed by atoms with Crippen LogP contribution in [0.5, 0.6) is 11.5 Å². The van der Waals surface area contributed by atoms with Gasteiger partial charge in [-0.3, -0.25) is 4.79 Å². The number of hydrogen-bond acceptors (Lipinski definition) is 4. The molecule has 0 bridgehead atoms. The Morgan fingerprint density at radius 3 is 2.04 bits per heavy atom. The number of primary amides is 1. The van der Waals surface area contributed by atoms with Crippen LogP contribution >= 0.6 is 0 Å². The largest absolute Gasteiger partial charge is 0.457 e. The molecule has 0 saturated heterocycles. The van der Waals surface area contributed by atoms with E-state index >= 15 is 0 Å². The van der Waals surface area contributed by atoms with Crippen LogP contribution in [0, 0.1) is 0 Å². The first kappa shape index (κ1) is 17.4. The van der Waals surface area contributed by atoms with Crippen molar-refractivity contribution in [3.63, 3.8) is 0 Å². The van der Waals surface area contributed by atoms with Crippen LogP contribution in [0.3, 0.4) is 0 Å². The van der Waals surface area contributed by atoms with E-state index in [1.165, 1.54) is 24.4 Å². The Balaban J connectivity index is 1.76. The molecule has 0 radical (unpaired) electrons. The van der Waals surface area contributed by atoms with E-state index in [2.05, 4.69) is 9.97 Å². The second-order valence-corrected chi connectivity index (χ2v) is 5.28. The van der Waals surface area contributed by atoms with Crippen LogP contribution < -0.4 is 10.5 Å². The topological polar surface area (TPSA) is 78.1 Å². The van der Waals surface area contributed by atoms with E-state index in [9.17, 15) is 18.0 Å². The van der Waals surface area contributed by atoms with Gasteiger partial charge < -0.3 is 10.5 Å². The second kappa shape index (κ2) is 6.83. The lowest BCUT2D eigenvalue weighted by molar-refractivity contribution is -0.137. The van der Waals surface area contributed by atoms with Crippen LogP contribution in [0.4, 0.5) is 13.2 Å². The quantitative estimate of drug-likeness (QED) is 0.762. The highest BCUT2D eigenvalue weighted by molar-refractivity contribution is 5.91. The minimum absolute atomic E-state index is 0.0973. The molecule has 0 saturated carbocycles. The number of hydrogen-bond donors (Lipinski definition) is 1. The van der Waals surface area contributed by atoms with Crippen molar-refractivity contribution >= 4 is 5.91 Å². The first-order chi connectivity index (χ1) is 12.3. The summed E-state index contributed by atoms with van der Waals surface area (Å²) in [6.45, 7) is 0. The average Bonchev–Trinajstić information content (AvgIpc) is 2.62. The highest BCUT2D eigenvalue weighted by atomic mass is 19.4. The molecule has 0 aliphatic carbocycles. The van der Waals surface area contributed by atoms with E-state index in [4.69, 9.17) is 10.5 Å². The third-order valence-corrected chi connectivity index (χ3v) is 3.44. The van der Waals surface area contributed by atoms with Crippen molar-refractivity contribution in [2.45, 2.75) is 6.18 Å². The molecule has 1 aromatic heterocycles. The molecular weight excluding hydrogens is 347 g/mol. The third kappa shape index (κ3) is 3.97. The molecule has 5 nitrogen and oxygen atoms in total. The number of alkyl halides is 3. The van der Waals surface area contributed by atoms with Gasteiger partial charge in [-0.15, -0.1) is 0 Å². The summed E-state index contributed by atoms with van der Waals surface area (Å²) < 4.78 is 43.2. The number of amides is 1. The van der Waals surface area contributed by atoms with Crippen LogP contribution in [0.25, 0.3) is 11.4 Å². The molecule has 2 N–H and O–H groups in total. The Hall–Kier alpha value is -3.42. The highest BCUT2D eigenvalue weighted by Gasteiger charge is 2.30. The van der Waals surface area contributed by atoms with Crippen molar-refractivity contribution in [1.82, 2.24) is 9.97 Å². The van der Waals surface area contributed by atoms with Crippen LogP contribution in [0.15, 0.2) is 60.8 Å². The van der Waals surface area contributed by atoms with Gasteiger partial charge in [0.05, 0.1) is 5.56 Å². The smallest absolute Gasteiger partial charge is 0.416 e. The van der Waals surface area contributed by atoms with Crippen LogP contribution in [0.1, 0.15) is 16.1 Å². The zero-order chi connectivity index (χ0) is 18.7. The van der Waals surface area contributed by atoms with E-state index in [-0.39, 0.29) is 11.4 Å². The zero-order valence-electron chi connectivity index (χ0n) is 13.2. The van der Waals surface area contributed by atoms with Crippen LogP contribution in [-0.4, -0.2) is 15.9 Å². The monoisotopic (exact) mass is 359 g/mol. The fourth-order valence-corrected chi connectivity index (χ4v) is 2.16. The summed E-state index contributed by atoms with van der Waals surface area (Å²) in [5, 5.41) is 0. The van der Waals surface area contributed by atoms with Gasteiger partial charge in [0.15, 0.2) is 5.82 Å². The fraction of sp³-hybridized carbons (Fsp3) is 0.0556. The van der Waals surface area contributed by atoms with Gasteiger partial charge >= 0.3 is 6.18 Å². The van der Waals surface area contributed by atoms with E-state index in [0.717, 1.165) is 12.1 Å². The van der Waals surface area contributed by atoms with Gasteiger partial charge in [-0.05, 0) is 54.6 Å². The molecule has 132 valence electrons. The normalized spacial score (nSPS) is 11.2. The zero-order valence-corrected chi connectivity index (χ0v) is 13.2. The second-order valence-electron chi connectivity index (χ2n) is 5.28. The Labute approximate surface area is 146 Å². The number of benzene rings is 2. The molecule has 0 aliphatic heterocycles. The first-order valence-electron chi connectivity index (χ1n) is 7.41. The number of carbonyl (C=O) groups is 1. The summed E-state index contributed by atoms with van der Waals surface area (Å²) in [6, 6.07) is 12.4. The number of rotatable bonds is 4. The minimum Gasteiger partial charge on any atom is -0.457 e. The fourth-order valence-electron chi connectivity index (χ4n) is 2.16. The number of nitrogens with two attached hydrogens (primary N) is 1. The van der Waals surface area contributed by atoms with Gasteiger partial charge in [0.2, 0.25) is 0 Å². The number of aromatic nitrogens is 2. The third-order valence-electron chi connectivity index (χ3n) is 3.44. The molecule has 0 unspecified atom stereocenters. The van der Waals surface area contributed by atoms with Gasteiger partial charge in [-0.25, -0.2) is 9.97 Å². The molecular formula is C18H12F3N3O2. The number of nitrogens with zero attached hydrogens (tertiary/aromatic N) is 2. The van der Waals surface area contributed by atoms with Crippen molar-refractivity contribution in [2.24, 2.45) is 5.73 Å².